The molecule has 0 spiro atoms. The van der Waals surface area contributed by atoms with Crippen LogP contribution in [0.1, 0.15) is 23.0 Å². The van der Waals surface area contributed by atoms with E-state index in [1.165, 1.54) is 18.4 Å². The molecule has 34 heavy (non-hydrogen) atoms. The molecule has 0 atom stereocenters. The number of hydrogen-bond donors (Lipinski definition) is 1. The first-order valence-electron chi connectivity index (χ1n) is 11.1. The Morgan fingerprint density at radius 3 is 2.62 bits per heavy atom. The number of anilines is 2. The molecular formula is C25H27N3O5S. The summed E-state index contributed by atoms with van der Waals surface area (Å²) in [5.74, 6) is 0.0492. The summed E-state index contributed by atoms with van der Waals surface area (Å²) in [5.41, 5.74) is 3.24. The number of carbonyl (C=O) groups excluding carboxylic acids is 2. The molecule has 0 aliphatic carbocycles. The number of rotatable bonds is 8. The molecule has 2 aromatic carbocycles. The lowest BCUT2D eigenvalue weighted by molar-refractivity contribution is -0.115. The van der Waals surface area contributed by atoms with Crippen LogP contribution in [0.15, 0.2) is 47.8 Å². The van der Waals surface area contributed by atoms with Gasteiger partial charge in [0.15, 0.2) is 0 Å². The van der Waals surface area contributed by atoms with Crippen LogP contribution in [-0.4, -0.2) is 56.9 Å². The van der Waals surface area contributed by atoms with Gasteiger partial charge < -0.3 is 24.4 Å². The van der Waals surface area contributed by atoms with Crippen LogP contribution in [0, 0.1) is 0 Å². The Labute approximate surface area is 202 Å². The molecule has 1 aliphatic rings. The summed E-state index contributed by atoms with van der Waals surface area (Å²) >= 11 is 1.48. The number of amides is 1. The molecule has 1 N–H and O–H groups in total. The lowest BCUT2D eigenvalue weighted by atomic mass is 10.1. The van der Waals surface area contributed by atoms with Gasteiger partial charge in [-0.15, -0.1) is 11.3 Å². The molecule has 1 amide bonds. The van der Waals surface area contributed by atoms with Crippen molar-refractivity contribution in [1.82, 2.24) is 4.98 Å². The molecule has 1 aromatic heterocycles. The first kappa shape index (κ1) is 23.7. The lowest BCUT2D eigenvalue weighted by Crippen LogP contribution is -2.36. The van der Waals surface area contributed by atoms with Gasteiger partial charge in [-0.2, -0.15) is 0 Å². The first-order valence-corrected chi connectivity index (χ1v) is 12.0. The molecule has 2 heterocycles. The molecule has 1 aliphatic heterocycles. The zero-order chi connectivity index (χ0) is 23.9. The highest BCUT2D eigenvalue weighted by atomic mass is 32.1. The standard InChI is InChI=1S/C25H27N3O5S/c1-3-33-20-7-4-17(5-8-20)24-26-18(16-34-24)14-23(29)27-22-9-6-19(15-21(22)25(30)31-2)28-10-12-32-13-11-28/h4-9,15-16H,3,10-14H2,1-2H3,(H,27,29). The minimum Gasteiger partial charge on any atom is -0.494 e. The van der Waals surface area contributed by atoms with Crippen LogP contribution in [0.25, 0.3) is 10.6 Å². The van der Waals surface area contributed by atoms with Crippen molar-refractivity contribution in [2.24, 2.45) is 0 Å². The van der Waals surface area contributed by atoms with E-state index in [1.54, 1.807) is 12.1 Å². The van der Waals surface area contributed by atoms with Gasteiger partial charge in [0.1, 0.15) is 10.8 Å². The summed E-state index contributed by atoms with van der Waals surface area (Å²) in [6.07, 6.45) is 0.0966. The molecule has 0 radical (unpaired) electrons. The smallest absolute Gasteiger partial charge is 0.340 e. The monoisotopic (exact) mass is 481 g/mol. The number of hydrogen-bond acceptors (Lipinski definition) is 8. The quantitative estimate of drug-likeness (QED) is 0.486. The van der Waals surface area contributed by atoms with Gasteiger partial charge in [-0.1, -0.05) is 0 Å². The molecule has 0 unspecified atom stereocenters. The molecule has 178 valence electrons. The lowest BCUT2D eigenvalue weighted by Gasteiger charge is -2.29. The number of nitrogens with zero attached hydrogens (tertiary/aromatic N) is 2. The summed E-state index contributed by atoms with van der Waals surface area (Å²) < 4.78 is 15.8. The van der Waals surface area contributed by atoms with Crippen LogP contribution in [-0.2, 0) is 20.7 Å². The Morgan fingerprint density at radius 1 is 1.15 bits per heavy atom. The Morgan fingerprint density at radius 2 is 1.91 bits per heavy atom. The number of carbonyl (C=O) groups is 2. The normalized spacial score (nSPS) is 13.4. The SMILES string of the molecule is CCOc1ccc(-c2nc(CC(=O)Nc3ccc(N4CCOCC4)cc3C(=O)OC)cs2)cc1. The van der Waals surface area contributed by atoms with Crippen molar-refractivity contribution in [1.29, 1.82) is 0 Å². The van der Waals surface area contributed by atoms with Crippen LogP contribution in [0.5, 0.6) is 5.75 Å². The Balaban J connectivity index is 1.44. The average Bonchev–Trinajstić information content (AvgIpc) is 3.33. The summed E-state index contributed by atoms with van der Waals surface area (Å²) in [6.45, 7) is 5.32. The average molecular weight is 482 g/mol. The van der Waals surface area contributed by atoms with Gasteiger partial charge in [-0.25, -0.2) is 9.78 Å². The van der Waals surface area contributed by atoms with E-state index in [0.717, 1.165) is 35.1 Å². The molecule has 4 rings (SSSR count). The number of esters is 1. The first-order chi connectivity index (χ1) is 16.6. The summed E-state index contributed by atoms with van der Waals surface area (Å²) in [4.78, 5) is 31.9. The maximum Gasteiger partial charge on any atom is 0.340 e. The fourth-order valence-corrected chi connectivity index (χ4v) is 4.50. The van der Waals surface area contributed by atoms with Crippen molar-refractivity contribution in [2.75, 3.05) is 50.2 Å². The predicted octanol–water partition coefficient (Wildman–Crippen LogP) is 4.01. The Kier molecular flexibility index (Phi) is 7.76. The van der Waals surface area contributed by atoms with Crippen LogP contribution in [0.4, 0.5) is 11.4 Å². The third kappa shape index (κ3) is 5.73. The van der Waals surface area contributed by atoms with E-state index in [4.69, 9.17) is 14.2 Å². The van der Waals surface area contributed by atoms with Crippen molar-refractivity contribution in [2.45, 2.75) is 13.3 Å². The highest BCUT2D eigenvalue weighted by molar-refractivity contribution is 7.13. The Bertz CT molecular complexity index is 1140. The van der Waals surface area contributed by atoms with Crippen molar-refractivity contribution in [3.8, 4) is 16.3 Å². The highest BCUT2D eigenvalue weighted by Crippen LogP contribution is 2.27. The van der Waals surface area contributed by atoms with E-state index in [0.29, 0.717) is 36.8 Å². The van der Waals surface area contributed by atoms with Crippen molar-refractivity contribution >= 4 is 34.6 Å². The maximum absolute atomic E-state index is 12.8. The van der Waals surface area contributed by atoms with E-state index in [9.17, 15) is 9.59 Å². The molecule has 1 fully saturated rings. The third-order valence-corrected chi connectivity index (χ3v) is 6.30. The van der Waals surface area contributed by atoms with Crippen LogP contribution in [0.2, 0.25) is 0 Å². The van der Waals surface area contributed by atoms with Gasteiger partial charge in [0.05, 0.1) is 50.3 Å². The molecule has 0 saturated carbocycles. The predicted molar refractivity (Wildman–Crippen MR) is 132 cm³/mol. The van der Waals surface area contributed by atoms with Gasteiger partial charge in [0.2, 0.25) is 5.91 Å². The number of nitrogens with one attached hydrogen (secondary N) is 1. The molecule has 8 nitrogen and oxygen atoms in total. The molecule has 9 heteroatoms. The number of aromatic nitrogens is 1. The zero-order valence-corrected chi connectivity index (χ0v) is 20.0. The fraction of sp³-hybridized carbons (Fsp3) is 0.320. The van der Waals surface area contributed by atoms with Crippen molar-refractivity contribution < 1.29 is 23.8 Å². The van der Waals surface area contributed by atoms with E-state index in [1.807, 2.05) is 42.6 Å². The Hall–Kier alpha value is -3.43. The fourth-order valence-electron chi connectivity index (χ4n) is 3.68. The number of thiazole rings is 1. The van der Waals surface area contributed by atoms with Gasteiger partial charge in [0, 0.05) is 29.7 Å². The summed E-state index contributed by atoms with van der Waals surface area (Å²) in [7, 11) is 1.33. The van der Waals surface area contributed by atoms with Crippen LogP contribution >= 0.6 is 11.3 Å². The van der Waals surface area contributed by atoms with E-state index in [2.05, 4.69) is 15.2 Å². The second-order valence-corrected chi connectivity index (χ2v) is 8.51. The maximum atomic E-state index is 12.8. The second kappa shape index (κ2) is 11.1. The topological polar surface area (TPSA) is 90.0 Å². The summed E-state index contributed by atoms with van der Waals surface area (Å²) in [5, 5.41) is 5.54. The minimum atomic E-state index is -0.503. The minimum absolute atomic E-state index is 0.0966. The summed E-state index contributed by atoms with van der Waals surface area (Å²) in [6, 6.07) is 13.1. The van der Waals surface area contributed by atoms with Gasteiger partial charge in [-0.3, -0.25) is 4.79 Å². The second-order valence-electron chi connectivity index (χ2n) is 7.65. The van der Waals surface area contributed by atoms with E-state index < -0.39 is 5.97 Å². The zero-order valence-electron chi connectivity index (χ0n) is 19.2. The largest absolute Gasteiger partial charge is 0.494 e. The van der Waals surface area contributed by atoms with E-state index in [-0.39, 0.29) is 12.3 Å². The van der Waals surface area contributed by atoms with Gasteiger partial charge in [-0.05, 0) is 49.4 Å². The van der Waals surface area contributed by atoms with Gasteiger partial charge >= 0.3 is 5.97 Å². The van der Waals surface area contributed by atoms with Crippen LogP contribution in [0.3, 0.4) is 0 Å². The van der Waals surface area contributed by atoms with E-state index >= 15 is 0 Å². The number of morpholine rings is 1. The van der Waals surface area contributed by atoms with Crippen molar-refractivity contribution in [3.05, 3.63) is 59.1 Å². The number of methoxy groups -OCH3 is 1. The van der Waals surface area contributed by atoms with Gasteiger partial charge in [0.25, 0.3) is 0 Å². The molecule has 3 aromatic rings. The highest BCUT2D eigenvalue weighted by Gasteiger charge is 2.19. The molecule has 1 saturated heterocycles. The molecular weight excluding hydrogens is 454 g/mol. The number of benzene rings is 2. The third-order valence-electron chi connectivity index (χ3n) is 5.36. The van der Waals surface area contributed by atoms with Crippen LogP contribution < -0.4 is 15.0 Å². The molecule has 0 bridgehead atoms. The number of ether oxygens (including phenoxy) is 3. The van der Waals surface area contributed by atoms with Crippen molar-refractivity contribution in [3.63, 3.8) is 0 Å².